The molecule has 2 aromatic heterocycles. The SMILES string of the molecule is COc1ccc(C)cc1-n1ccc(C(=O)N2CCN(C(=O)Cc3ccccn3)CC2)n1. The Kier molecular flexibility index (Phi) is 5.97. The maximum atomic E-state index is 12.9. The van der Waals surface area contributed by atoms with Crippen molar-refractivity contribution in [3.05, 3.63) is 71.8 Å². The summed E-state index contributed by atoms with van der Waals surface area (Å²) in [7, 11) is 1.61. The van der Waals surface area contributed by atoms with Gasteiger partial charge >= 0.3 is 0 Å². The number of carbonyl (C=O) groups is 2. The van der Waals surface area contributed by atoms with Crippen molar-refractivity contribution in [3.63, 3.8) is 0 Å². The fraction of sp³-hybridized carbons (Fsp3) is 0.304. The molecule has 0 N–H and O–H groups in total. The molecule has 1 aromatic carbocycles. The fourth-order valence-electron chi connectivity index (χ4n) is 3.64. The van der Waals surface area contributed by atoms with Crippen molar-refractivity contribution >= 4 is 11.8 Å². The number of carbonyl (C=O) groups excluding carboxylic acids is 2. The third-order valence-corrected chi connectivity index (χ3v) is 5.37. The summed E-state index contributed by atoms with van der Waals surface area (Å²) >= 11 is 0. The molecule has 0 atom stereocenters. The van der Waals surface area contributed by atoms with Crippen LogP contribution in [0.4, 0.5) is 0 Å². The molecular formula is C23H25N5O3. The van der Waals surface area contributed by atoms with Gasteiger partial charge in [0.15, 0.2) is 5.69 Å². The Hall–Kier alpha value is -3.68. The molecule has 160 valence electrons. The average Bonchev–Trinajstić information content (AvgIpc) is 3.29. The highest BCUT2D eigenvalue weighted by Gasteiger charge is 2.26. The zero-order valence-electron chi connectivity index (χ0n) is 17.7. The Labute approximate surface area is 181 Å². The van der Waals surface area contributed by atoms with E-state index >= 15 is 0 Å². The molecule has 8 nitrogen and oxygen atoms in total. The van der Waals surface area contributed by atoms with Gasteiger partial charge in [-0.2, -0.15) is 5.10 Å². The van der Waals surface area contributed by atoms with Gasteiger partial charge in [-0.1, -0.05) is 12.1 Å². The number of methoxy groups -OCH3 is 1. The van der Waals surface area contributed by atoms with E-state index in [4.69, 9.17) is 4.74 Å². The summed E-state index contributed by atoms with van der Waals surface area (Å²) in [5, 5.41) is 4.47. The fourth-order valence-corrected chi connectivity index (χ4v) is 3.64. The summed E-state index contributed by atoms with van der Waals surface area (Å²) in [6, 6.07) is 13.1. The van der Waals surface area contributed by atoms with E-state index in [9.17, 15) is 9.59 Å². The summed E-state index contributed by atoms with van der Waals surface area (Å²) in [6.45, 7) is 3.96. The van der Waals surface area contributed by atoms with Gasteiger partial charge in [0.25, 0.3) is 5.91 Å². The van der Waals surface area contributed by atoms with Crippen molar-refractivity contribution in [2.24, 2.45) is 0 Å². The molecule has 0 bridgehead atoms. The molecule has 8 heteroatoms. The molecule has 3 aromatic rings. The van der Waals surface area contributed by atoms with Crippen LogP contribution in [-0.4, -0.2) is 69.7 Å². The number of rotatable bonds is 5. The summed E-state index contributed by atoms with van der Waals surface area (Å²) in [5.74, 6) is 0.580. The van der Waals surface area contributed by atoms with Crippen molar-refractivity contribution in [2.75, 3.05) is 33.3 Å². The summed E-state index contributed by atoms with van der Waals surface area (Å²) in [5.41, 5.74) is 2.98. The van der Waals surface area contributed by atoms with Crippen LogP contribution in [0.15, 0.2) is 54.9 Å². The van der Waals surface area contributed by atoms with Crippen LogP contribution in [-0.2, 0) is 11.2 Å². The lowest BCUT2D eigenvalue weighted by atomic mass is 10.2. The molecule has 31 heavy (non-hydrogen) atoms. The smallest absolute Gasteiger partial charge is 0.274 e. The average molecular weight is 419 g/mol. The number of benzene rings is 1. The molecule has 0 saturated carbocycles. The number of hydrogen-bond donors (Lipinski definition) is 0. The molecule has 0 unspecified atom stereocenters. The number of hydrogen-bond acceptors (Lipinski definition) is 5. The summed E-state index contributed by atoms with van der Waals surface area (Å²) < 4.78 is 7.08. The lowest BCUT2D eigenvalue weighted by Gasteiger charge is -2.34. The van der Waals surface area contributed by atoms with Crippen molar-refractivity contribution in [3.8, 4) is 11.4 Å². The minimum Gasteiger partial charge on any atom is -0.494 e. The number of aromatic nitrogens is 3. The van der Waals surface area contributed by atoms with Gasteiger partial charge in [-0.15, -0.1) is 0 Å². The minimum atomic E-state index is -0.137. The van der Waals surface area contributed by atoms with E-state index < -0.39 is 0 Å². The zero-order valence-corrected chi connectivity index (χ0v) is 17.7. The van der Waals surface area contributed by atoms with Crippen molar-refractivity contribution < 1.29 is 14.3 Å². The molecule has 1 fully saturated rings. The minimum absolute atomic E-state index is 0.0293. The largest absolute Gasteiger partial charge is 0.494 e. The van der Waals surface area contributed by atoms with Crippen molar-refractivity contribution in [1.82, 2.24) is 24.6 Å². The van der Waals surface area contributed by atoms with Gasteiger partial charge in [0.2, 0.25) is 5.91 Å². The Morgan fingerprint density at radius 1 is 1.03 bits per heavy atom. The summed E-state index contributed by atoms with van der Waals surface area (Å²) in [6.07, 6.45) is 3.72. The molecule has 0 aliphatic carbocycles. The number of aryl methyl sites for hydroxylation is 1. The normalized spacial score (nSPS) is 13.9. The van der Waals surface area contributed by atoms with E-state index in [1.165, 1.54) is 0 Å². The Morgan fingerprint density at radius 2 is 1.81 bits per heavy atom. The lowest BCUT2D eigenvalue weighted by molar-refractivity contribution is -0.132. The second kappa shape index (κ2) is 8.99. The van der Waals surface area contributed by atoms with E-state index in [-0.39, 0.29) is 18.2 Å². The van der Waals surface area contributed by atoms with Gasteiger partial charge in [-0.3, -0.25) is 14.6 Å². The van der Waals surface area contributed by atoms with Crippen LogP contribution >= 0.6 is 0 Å². The van der Waals surface area contributed by atoms with Crippen LogP contribution < -0.4 is 4.74 Å². The van der Waals surface area contributed by atoms with Crippen LogP contribution in [0.2, 0.25) is 0 Å². The maximum Gasteiger partial charge on any atom is 0.274 e. The number of ether oxygens (including phenoxy) is 1. The standard InChI is InChI=1S/C23H25N5O3/c1-17-6-7-21(31-2)20(15-17)28-10-8-19(25-28)23(30)27-13-11-26(12-14-27)22(29)16-18-5-3-4-9-24-18/h3-10,15H,11-14,16H2,1-2H3. The first-order valence-corrected chi connectivity index (χ1v) is 10.2. The van der Waals surface area contributed by atoms with Gasteiger partial charge in [0.1, 0.15) is 11.4 Å². The monoisotopic (exact) mass is 419 g/mol. The molecular weight excluding hydrogens is 394 g/mol. The lowest BCUT2D eigenvalue weighted by Crippen LogP contribution is -2.51. The van der Waals surface area contributed by atoms with E-state index in [0.717, 1.165) is 16.9 Å². The molecule has 1 aliphatic heterocycles. The molecule has 1 saturated heterocycles. The van der Waals surface area contributed by atoms with E-state index in [1.54, 1.807) is 40.1 Å². The van der Waals surface area contributed by atoms with Gasteiger partial charge in [0, 0.05) is 44.3 Å². The van der Waals surface area contributed by atoms with Crippen molar-refractivity contribution in [2.45, 2.75) is 13.3 Å². The Bertz CT molecular complexity index is 1070. The van der Waals surface area contributed by atoms with Crippen LogP contribution in [0.25, 0.3) is 5.69 Å². The van der Waals surface area contributed by atoms with Gasteiger partial charge in [-0.05, 0) is 42.8 Å². The highest BCUT2D eigenvalue weighted by Crippen LogP contribution is 2.23. The number of amides is 2. The number of piperazine rings is 1. The van der Waals surface area contributed by atoms with Gasteiger partial charge < -0.3 is 14.5 Å². The maximum absolute atomic E-state index is 12.9. The third kappa shape index (κ3) is 4.58. The second-order valence-electron chi connectivity index (χ2n) is 7.49. The van der Waals surface area contributed by atoms with Crippen molar-refractivity contribution in [1.29, 1.82) is 0 Å². The van der Waals surface area contributed by atoms with Gasteiger partial charge in [0.05, 0.1) is 13.5 Å². The highest BCUT2D eigenvalue weighted by molar-refractivity contribution is 5.92. The molecule has 4 rings (SSSR count). The third-order valence-electron chi connectivity index (χ3n) is 5.37. The van der Waals surface area contributed by atoms with Gasteiger partial charge in [-0.25, -0.2) is 4.68 Å². The first kappa shape index (κ1) is 20.6. The Morgan fingerprint density at radius 3 is 2.52 bits per heavy atom. The molecule has 1 aliphatic rings. The topological polar surface area (TPSA) is 80.6 Å². The number of nitrogens with zero attached hydrogens (tertiary/aromatic N) is 5. The van der Waals surface area contributed by atoms with Crippen LogP contribution in [0.3, 0.4) is 0 Å². The molecule has 0 spiro atoms. The second-order valence-corrected chi connectivity index (χ2v) is 7.49. The van der Waals surface area contributed by atoms with Crippen LogP contribution in [0.5, 0.6) is 5.75 Å². The van der Waals surface area contributed by atoms with Crippen LogP contribution in [0, 0.1) is 6.92 Å². The first-order chi connectivity index (χ1) is 15.0. The molecule has 0 radical (unpaired) electrons. The van der Waals surface area contributed by atoms with E-state index in [2.05, 4.69) is 10.1 Å². The quantitative estimate of drug-likeness (QED) is 0.633. The molecule has 3 heterocycles. The first-order valence-electron chi connectivity index (χ1n) is 10.2. The Balaban J connectivity index is 1.38. The zero-order chi connectivity index (χ0) is 21.8. The van der Waals surface area contributed by atoms with Crippen LogP contribution in [0.1, 0.15) is 21.7 Å². The van der Waals surface area contributed by atoms with E-state index in [0.29, 0.717) is 37.6 Å². The predicted molar refractivity (Wildman–Crippen MR) is 115 cm³/mol. The predicted octanol–water partition coefficient (Wildman–Crippen LogP) is 2.11. The number of pyridine rings is 1. The van der Waals surface area contributed by atoms with E-state index in [1.807, 2.05) is 43.3 Å². The molecule has 2 amide bonds. The summed E-state index contributed by atoms with van der Waals surface area (Å²) in [4.78, 5) is 33.2. The highest BCUT2D eigenvalue weighted by atomic mass is 16.5.